The molecule has 0 fully saturated rings. The van der Waals surface area contributed by atoms with Gasteiger partial charge in [0, 0.05) is 11.1 Å². The average molecular weight is 354 g/mol. The van der Waals surface area contributed by atoms with Crippen LogP contribution in [-0.4, -0.2) is 23.1 Å². The van der Waals surface area contributed by atoms with E-state index < -0.39 is 18.0 Å². The zero-order valence-electron chi connectivity index (χ0n) is 11.3. The van der Waals surface area contributed by atoms with Crippen molar-refractivity contribution in [3.05, 3.63) is 27.2 Å². The van der Waals surface area contributed by atoms with Gasteiger partial charge in [0.1, 0.15) is 0 Å². The maximum atomic E-state index is 11.9. The van der Waals surface area contributed by atoms with Gasteiger partial charge in [-0.05, 0) is 18.6 Å². The van der Waals surface area contributed by atoms with Crippen LogP contribution in [0.3, 0.4) is 0 Å². The predicted molar refractivity (Wildman–Crippen MR) is 84.6 cm³/mol. The molecule has 2 amide bonds. The Balaban J connectivity index is 2.74. The number of amides is 2. The average Bonchev–Trinajstić information content (AvgIpc) is 2.33. The van der Waals surface area contributed by atoms with Crippen molar-refractivity contribution in [2.24, 2.45) is 0 Å². The zero-order chi connectivity index (χ0) is 16.0. The molecule has 1 aromatic carbocycles. The van der Waals surface area contributed by atoms with Crippen molar-refractivity contribution in [3.8, 4) is 0 Å². The van der Waals surface area contributed by atoms with Gasteiger partial charge in [0.05, 0.1) is 22.2 Å². The number of hydrogen-bond acceptors (Lipinski definition) is 2. The number of halogens is 3. The van der Waals surface area contributed by atoms with Crippen LogP contribution in [0, 0.1) is 0 Å². The van der Waals surface area contributed by atoms with Crippen molar-refractivity contribution in [3.63, 3.8) is 0 Å². The van der Waals surface area contributed by atoms with E-state index in [0.29, 0.717) is 11.4 Å². The van der Waals surface area contributed by atoms with E-state index >= 15 is 0 Å². The molecule has 0 bridgehead atoms. The summed E-state index contributed by atoms with van der Waals surface area (Å²) in [6, 6.07) is 1.87. The van der Waals surface area contributed by atoms with E-state index in [9.17, 15) is 9.59 Å². The number of nitrogens with one attached hydrogen (secondary N) is 2. The monoisotopic (exact) mass is 352 g/mol. The van der Waals surface area contributed by atoms with E-state index in [0.717, 1.165) is 6.42 Å². The highest BCUT2D eigenvalue weighted by Gasteiger charge is 2.17. The van der Waals surface area contributed by atoms with Gasteiger partial charge < -0.3 is 15.7 Å². The molecule has 0 aromatic heterocycles. The highest BCUT2D eigenvalue weighted by atomic mass is 35.5. The second-order valence-electron chi connectivity index (χ2n) is 4.43. The van der Waals surface area contributed by atoms with Gasteiger partial charge in [0.2, 0.25) is 0 Å². The number of carboxylic acids is 1. The van der Waals surface area contributed by atoms with Gasteiger partial charge in [-0.25, -0.2) is 4.79 Å². The number of hydrogen-bond donors (Lipinski definition) is 3. The molecule has 0 aliphatic heterocycles. The second-order valence-corrected chi connectivity index (χ2v) is 5.68. The third kappa shape index (κ3) is 5.99. The first kappa shape index (κ1) is 17.9. The van der Waals surface area contributed by atoms with Crippen molar-refractivity contribution in [2.75, 3.05) is 5.32 Å². The first-order valence-corrected chi connectivity index (χ1v) is 7.40. The molecule has 1 unspecified atom stereocenters. The van der Waals surface area contributed by atoms with E-state index in [1.54, 1.807) is 0 Å². The van der Waals surface area contributed by atoms with Gasteiger partial charge in [-0.2, -0.15) is 0 Å². The molecule has 8 heteroatoms. The lowest BCUT2D eigenvalue weighted by Crippen LogP contribution is -2.39. The minimum atomic E-state index is -0.976. The Bertz CT molecular complexity index is 514. The summed E-state index contributed by atoms with van der Waals surface area (Å²) in [4.78, 5) is 22.6. The van der Waals surface area contributed by atoms with E-state index in [4.69, 9.17) is 39.9 Å². The quantitative estimate of drug-likeness (QED) is 0.708. The number of urea groups is 1. The van der Waals surface area contributed by atoms with Crippen LogP contribution in [0.1, 0.15) is 26.2 Å². The number of carbonyl (C=O) groups excluding carboxylic acids is 1. The normalized spacial score (nSPS) is 11.8. The summed E-state index contributed by atoms with van der Waals surface area (Å²) in [5, 5.41) is 14.6. The van der Waals surface area contributed by atoms with Crippen LogP contribution in [0.2, 0.25) is 15.1 Å². The molecule has 0 saturated carbocycles. The fourth-order valence-corrected chi connectivity index (χ4v) is 2.69. The summed E-state index contributed by atoms with van der Waals surface area (Å²) in [5.41, 5.74) is 0.228. The molecule has 0 heterocycles. The Morgan fingerprint density at radius 2 is 1.81 bits per heavy atom. The Hall–Kier alpha value is -1.17. The number of carbonyl (C=O) groups is 2. The van der Waals surface area contributed by atoms with Crippen molar-refractivity contribution in [1.82, 2.24) is 5.32 Å². The first-order chi connectivity index (χ1) is 9.83. The largest absolute Gasteiger partial charge is 0.481 e. The molecule has 0 radical (unpaired) electrons. The smallest absolute Gasteiger partial charge is 0.319 e. The van der Waals surface area contributed by atoms with Crippen LogP contribution < -0.4 is 10.6 Å². The summed E-state index contributed by atoms with van der Waals surface area (Å²) in [7, 11) is 0. The van der Waals surface area contributed by atoms with Crippen molar-refractivity contribution < 1.29 is 14.7 Å². The highest BCUT2D eigenvalue weighted by Crippen LogP contribution is 2.33. The molecule has 1 aromatic rings. The lowest BCUT2D eigenvalue weighted by Gasteiger charge is -2.17. The summed E-state index contributed by atoms with van der Waals surface area (Å²) >= 11 is 17.7. The number of benzene rings is 1. The van der Waals surface area contributed by atoms with Gasteiger partial charge in [-0.15, -0.1) is 0 Å². The minimum absolute atomic E-state index is 0.149. The molecule has 1 atom stereocenters. The third-order valence-electron chi connectivity index (χ3n) is 2.64. The fraction of sp³-hybridized carbons (Fsp3) is 0.385. The van der Waals surface area contributed by atoms with Gasteiger partial charge in [-0.3, -0.25) is 4.79 Å². The van der Waals surface area contributed by atoms with E-state index in [1.165, 1.54) is 12.1 Å². The van der Waals surface area contributed by atoms with E-state index in [-0.39, 0.29) is 22.2 Å². The van der Waals surface area contributed by atoms with Crippen LogP contribution >= 0.6 is 34.8 Å². The van der Waals surface area contributed by atoms with Crippen LogP contribution in [0.25, 0.3) is 0 Å². The summed E-state index contributed by atoms with van der Waals surface area (Å²) in [6.45, 7) is 1.90. The molecule has 1 rings (SSSR count). The molecule has 0 aliphatic rings. The van der Waals surface area contributed by atoms with Crippen molar-refractivity contribution >= 4 is 52.5 Å². The molecule has 116 valence electrons. The van der Waals surface area contributed by atoms with Gasteiger partial charge >= 0.3 is 12.0 Å². The first-order valence-electron chi connectivity index (χ1n) is 6.27. The standard InChI is InChI=1S/C13H15Cl3N2O3/c1-2-3-8(6-11(19)20)17-13(21)18-12-9(15)4-7(14)5-10(12)16/h4-5,8H,2-3,6H2,1H3,(H,19,20)(H2,17,18,21). The summed E-state index contributed by atoms with van der Waals surface area (Å²) < 4.78 is 0. The lowest BCUT2D eigenvalue weighted by molar-refractivity contribution is -0.137. The van der Waals surface area contributed by atoms with Crippen LogP contribution in [-0.2, 0) is 4.79 Å². The van der Waals surface area contributed by atoms with E-state index in [2.05, 4.69) is 10.6 Å². The number of rotatable bonds is 6. The Kier molecular flexibility index (Phi) is 7.08. The molecular formula is C13H15Cl3N2O3. The van der Waals surface area contributed by atoms with Crippen LogP contribution in [0.4, 0.5) is 10.5 Å². The fourth-order valence-electron chi connectivity index (χ4n) is 1.78. The summed E-state index contributed by atoms with van der Waals surface area (Å²) in [6.07, 6.45) is 1.16. The molecule has 0 spiro atoms. The number of carboxylic acid groups (broad SMARTS) is 1. The van der Waals surface area contributed by atoms with Crippen LogP contribution in [0.15, 0.2) is 12.1 Å². The van der Waals surface area contributed by atoms with Gasteiger partial charge in [0.25, 0.3) is 0 Å². The van der Waals surface area contributed by atoms with E-state index in [1.807, 2.05) is 6.92 Å². The lowest BCUT2D eigenvalue weighted by atomic mass is 10.1. The topological polar surface area (TPSA) is 78.4 Å². The maximum Gasteiger partial charge on any atom is 0.319 e. The Morgan fingerprint density at radius 1 is 1.24 bits per heavy atom. The molecule has 3 N–H and O–H groups in total. The van der Waals surface area contributed by atoms with Crippen molar-refractivity contribution in [1.29, 1.82) is 0 Å². The SMILES string of the molecule is CCCC(CC(=O)O)NC(=O)Nc1c(Cl)cc(Cl)cc1Cl. The van der Waals surface area contributed by atoms with Gasteiger partial charge in [-0.1, -0.05) is 48.1 Å². The molecule has 21 heavy (non-hydrogen) atoms. The zero-order valence-corrected chi connectivity index (χ0v) is 13.5. The van der Waals surface area contributed by atoms with Crippen molar-refractivity contribution in [2.45, 2.75) is 32.2 Å². The number of anilines is 1. The highest BCUT2D eigenvalue weighted by molar-refractivity contribution is 6.42. The molecule has 5 nitrogen and oxygen atoms in total. The maximum absolute atomic E-state index is 11.9. The van der Waals surface area contributed by atoms with Crippen LogP contribution in [0.5, 0.6) is 0 Å². The Labute approximate surface area is 137 Å². The summed E-state index contributed by atoms with van der Waals surface area (Å²) in [5.74, 6) is -0.976. The molecule has 0 aliphatic carbocycles. The Morgan fingerprint density at radius 3 is 2.29 bits per heavy atom. The molecule has 0 saturated heterocycles. The van der Waals surface area contributed by atoms with Gasteiger partial charge in [0.15, 0.2) is 0 Å². The third-order valence-corrected chi connectivity index (χ3v) is 3.45. The number of aliphatic carboxylic acids is 1. The minimum Gasteiger partial charge on any atom is -0.481 e. The molecular weight excluding hydrogens is 339 g/mol. The predicted octanol–water partition coefficient (Wildman–Crippen LogP) is 4.41. The second kappa shape index (κ2) is 8.32.